The molecule has 0 aliphatic rings. The maximum atomic E-state index is 13.2. The average Bonchev–Trinajstić information content (AvgIpc) is 2.71. The molecule has 0 aromatic heterocycles. The molecule has 6 nitrogen and oxygen atoms in total. The molecule has 0 heterocycles. The molecule has 0 aliphatic heterocycles. The summed E-state index contributed by atoms with van der Waals surface area (Å²) in [5.41, 5.74) is 0.635. The molecule has 0 saturated carbocycles. The van der Waals surface area contributed by atoms with E-state index in [0.29, 0.717) is 18.7 Å². The van der Waals surface area contributed by atoms with Crippen molar-refractivity contribution in [1.82, 2.24) is 10.2 Å². The SMILES string of the molecule is CCN(CC)C(=O)[C@H](OC(=O)CNC(=O)c1cccc(F)c1)c1ccccc1. The Bertz CT molecular complexity index is 822. The first-order valence-electron chi connectivity index (χ1n) is 9.03. The second-order valence-corrected chi connectivity index (χ2v) is 5.98. The number of carbonyl (C=O) groups excluding carboxylic acids is 3. The van der Waals surface area contributed by atoms with Crippen molar-refractivity contribution in [3.63, 3.8) is 0 Å². The van der Waals surface area contributed by atoms with Gasteiger partial charge >= 0.3 is 5.97 Å². The Morgan fingerprint density at radius 1 is 1.04 bits per heavy atom. The fourth-order valence-corrected chi connectivity index (χ4v) is 2.65. The second kappa shape index (κ2) is 10.2. The monoisotopic (exact) mass is 386 g/mol. The predicted octanol–water partition coefficient (Wildman–Crippen LogP) is 2.71. The molecule has 28 heavy (non-hydrogen) atoms. The number of carbonyl (C=O) groups is 3. The molecule has 148 valence electrons. The van der Waals surface area contributed by atoms with Gasteiger partial charge in [0.15, 0.2) is 0 Å². The molecule has 7 heteroatoms. The number of amides is 2. The van der Waals surface area contributed by atoms with E-state index in [0.717, 1.165) is 6.07 Å². The summed E-state index contributed by atoms with van der Waals surface area (Å²) < 4.78 is 18.6. The quantitative estimate of drug-likeness (QED) is 0.708. The maximum absolute atomic E-state index is 13.2. The second-order valence-electron chi connectivity index (χ2n) is 5.98. The fourth-order valence-electron chi connectivity index (χ4n) is 2.65. The maximum Gasteiger partial charge on any atom is 0.326 e. The van der Waals surface area contributed by atoms with Crippen LogP contribution in [0.15, 0.2) is 54.6 Å². The normalized spacial score (nSPS) is 11.4. The third kappa shape index (κ3) is 5.64. The zero-order chi connectivity index (χ0) is 20.5. The van der Waals surface area contributed by atoms with E-state index < -0.39 is 30.3 Å². The lowest BCUT2D eigenvalue weighted by Crippen LogP contribution is -2.38. The number of ether oxygens (including phenoxy) is 1. The van der Waals surface area contributed by atoms with Gasteiger partial charge in [-0.15, -0.1) is 0 Å². The number of hydrogen-bond donors (Lipinski definition) is 1. The highest BCUT2D eigenvalue weighted by atomic mass is 19.1. The van der Waals surface area contributed by atoms with Crippen LogP contribution in [0.1, 0.15) is 35.9 Å². The summed E-state index contributed by atoms with van der Waals surface area (Å²) in [5.74, 6) is -2.26. The Labute approximate surface area is 163 Å². The number of nitrogens with zero attached hydrogens (tertiary/aromatic N) is 1. The van der Waals surface area contributed by atoms with Gasteiger partial charge in [0.2, 0.25) is 6.10 Å². The van der Waals surface area contributed by atoms with Crippen LogP contribution < -0.4 is 5.32 Å². The molecular formula is C21H23FN2O4. The van der Waals surface area contributed by atoms with Crippen LogP contribution in [0.25, 0.3) is 0 Å². The fraction of sp³-hybridized carbons (Fsp3) is 0.286. The van der Waals surface area contributed by atoms with Crippen molar-refractivity contribution in [2.45, 2.75) is 20.0 Å². The van der Waals surface area contributed by atoms with E-state index in [1.807, 2.05) is 13.8 Å². The average molecular weight is 386 g/mol. The van der Waals surface area contributed by atoms with Crippen molar-refractivity contribution < 1.29 is 23.5 Å². The molecule has 0 spiro atoms. The molecule has 1 N–H and O–H groups in total. The van der Waals surface area contributed by atoms with Gasteiger partial charge in [-0.3, -0.25) is 14.4 Å². The highest BCUT2D eigenvalue weighted by Crippen LogP contribution is 2.20. The van der Waals surface area contributed by atoms with Crippen molar-refractivity contribution in [3.8, 4) is 0 Å². The summed E-state index contributed by atoms with van der Waals surface area (Å²) in [6.07, 6.45) is -1.10. The lowest BCUT2D eigenvalue weighted by molar-refractivity contribution is -0.160. The number of hydrogen-bond acceptors (Lipinski definition) is 4. The van der Waals surface area contributed by atoms with Crippen LogP contribution >= 0.6 is 0 Å². The zero-order valence-electron chi connectivity index (χ0n) is 15.9. The molecule has 0 saturated heterocycles. The van der Waals surface area contributed by atoms with Crippen molar-refractivity contribution in [2.75, 3.05) is 19.6 Å². The summed E-state index contributed by atoms with van der Waals surface area (Å²) in [6.45, 7) is 4.19. The van der Waals surface area contributed by atoms with E-state index in [9.17, 15) is 18.8 Å². The summed E-state index contributed by atoms with van der Waals surface area (Å²) in [7, 11) is 0. The predicted molar refractivity (Wildman–Crippen MR) is 102 cm³/mol. The zero-order valence-corrected chi connectivity index (χ0v) is 15.9. The van der Waals surface area contributed by atoms with Gasteiger partial charge in [0, 0.05) is 24.2 Å². The number of rotatable bonds is 8. The molecule has 2 rings (SSSR count). The van der Waals surface area contributed by atoms with Crippen LogP contribution in [-0.2, 0) is 14.3 Å². The van der Waals surface area contributed by atoms with Crippen molar-refractivity contribution in [3.05, 3.63) is 71.5 Å². The number of likely N-dealkylation sites (N-methyl/N-ethyl adjacent to an activating group) is 1. The molecule has 2 amide bonds. The first kappa shape index (κ1) is 21.1. The summed E-state index contributed by atoms with van der Waals surface area (Å²) in [5, 5.41) is 2.37. The minimum atomic E-state index is -1.10. The third-order valence-electron chi connectivity index (χ3n) is 4.13. The Morgan fingerprint density at radius 2 is 1.71 bits per heavy atom. The van der Waals surface area contributed by atoms with E-state index >= 15 is 0 Å². The van der Waals surface area contributed by atoms with Gasteiger partial charge in [0.25, 0.3) is 11.8 Å². The van der Waals surface area contributed by atoms with E-state index in [-0.39, 0.29) is 11.5 Å². The minimum absolute atomic E-state index is 0.0895. The van der Waals surface area contributed by atoms with Crippen LogP contribution in [0.3, 0.4) is 0 Å². The van der Waals surface area contributed by atoms with Crippen molar-refractivity contribution in [1.29, 1.82) is 0 Å². The van der Waals surface area contributed by atoms with Gasteiger partial charge in [-0.1, -0.05) is 36.4 Å². The molecule has 0 aliphatic carbocycles. The van der Waals surface area contributed by atoms with Gasteiger partial charge in [-0.2, -0.15) is 0 Å². The highest BCUT2D eigenvalue weighted by molar-refractivity contribution is 5.96. The Kier molecular flexibility index (Phi) is 7.68. The van der Waals surface area contributed by atoms with Crippen LogP contribution in [0.4, 0.5) is 4.39 Å². The Balaban J connectivity index is 2.05. The van der Waals surface area contributed by atoms with E-state index in [2.05, 4.69) is 5.32 Å². The molecule has 2 aromatic carbocycles. The molecular weight excluding hydrogens is 363 g/mol. The lowest BCUT2D eigenvalue weighted by atomic mass is 10.1. The summed E-state index contributed by atoms with van der Waals surface area (Å²) in [4.78, 5) is 38.6. The topological polar surface area (TPSA) is 75.7 Å². The van der Waals surface area contributed by atoms with Gasteiger partial charge < -0.3 is 15.0 Å². The van der Waals surface area contributed by atoms with Gasteiger partial charge in [-0.25, -0.2) is 4.39 Å². The first-order chi connectivity index (χ1) is 13.5. The highest BCUT2D eigenvalue weighted by Gasteiger charge is 2.28. The van der Waals surface area contributed by atoms with Crippen LogP contribution in [0.5, 0.6) is 0 Å². The molecule has 0 fully saturated rings. The first-order valence-corrected chi connectivity index (χ1v) is 9.03. The van der Waals surface area contributed by atoms with E-state index in [4.69, 9.17) is 4.74 Å². The molecule has 0 unspecified atom stereocenters. The van der Waals surface area contributed by atoms with Crippen molar-refractivity contribution >= 4 is 17.8 Å². The molecule has 1 atom stereocenters. The van der Waals surface area contributed by atoms with E-state index in [1.165, 1.54) is 18.2 Å². The van der Waals surface area contributed by atoms with Crippen LogP contribution in [0, 0.1) is 5.82 Å². The van der Waals surface area contributed by atoms with Crippen molar-refractivity contribution in [2.24, 2.45) is 0 Å². The number of benzene rings is 2. The standard InChI is InChI=1S/C21H23FN2O4/c1-3-24(4-2)21(27)19(15-9-6-5-7-10-15)28-18(25)14-23-20(26)16-11-8-12-17(22)13-16/h5-13,19H,3-4,14H2,1-2H3,(H,23,26)/t19-/m1/s1. The Morgan fingerprint density at radius 3 is 2.32 bits per heavy atom. The van der Waals surface area contributed by atoms with Gasteiger partial charge in [0.05, 0.1) is 0 Å². The summed E-state index contributed by atoms with van der Waals surface area (Å²) in [6, 6.07) is 13.8. The molecule has 2 aromatic rings. The molecule has 0 bridgehead atoms. The molecule has 0 radical (unpaired) electrons. The number of nitrogens with one attached hydrogen (secondary N) is 1. The summed E-state index contributed by atoms with van der Waals surface area (Å²) >= 11 is 0. The van der Waals surface area contributed by atoms with Crippen LogP contribution in [0.2, 0.25) is 0 Å². The Hall–Kier alpha value is -3.22. The largest absolute Gasteiger partial charge is 0.446 e. The van der Waals surface area contributed by atoms with Gasteiger partial charge in [0.1, 0.15) is 12.4 Å². The van der Waals surface area contributed by atoms with Crippen LogP contribution in [-0.4, -0.2) is 42.3 Å². The minimum Gasteiger partial charge on any atom is -0.446 e. The third-order valence-corrected chi connectivity index (χ3v) is 4.13. The van der Waals surface area contributed by atoms with Gasteiger partial charge in [-0.05, 0) is 32.0 Å². The smallest absolute Gasteiger partial charge is 0.326 e. The lowest BCUT2D eigenvalue weighted by Gasteiger charge is -2.25. The number of esters is 1. The van der Waals surface area contributed by atoms with E-state index in [1.54, 1.807) is 35.2 Å². The number of halogens is 1.